The second kappa shape index (κ2) is 12.6. The Kier molecular flexibility index (Phi) is 9.93. The van der Waals surface area contributed by atoms with Gasteiger partial charge in [0.25, 0.3) is 0 Å². The number of aromatic nitrogens is 1. The van der Waals surface area contributed by atoms with Crippen LogP contribution < -0.4 is 16.0 Å². The van der Waals surface area contributed by atoms with Crippen molar-refractivity contribution in [1.29, 1.82) is 0 Å². The zero-order valence-electron chi connectivity index (χ0n) is 27.1. The van der Waals surface area contributed by atoms with Crippen LogP contribution in [-0.4, -0.2) is 89.4 Å². The van der Waals surface area contributed by atoms with Crippen LogP contribution in [0.15, 0.2) is 10.5 Å². The first-order valence-electron chi connectivity index (χ1n) is 14.9. The molecule has 3 N–H and O–H groups in total. The molecule has 2 atom stereocenters. The number of halogens is 3. The molecule has 0 radical (unpaired) electrons. The lowest BCUT2D eigenvalue weighted by Crippen LogP contribution is -2.67. The van der Waals surface area contributed by atoms with Crippen molar-refractivity contribution in [3.05, 3.63) is 19.9 Å². The minimum absolute atomic E-state index is 0.0168. The van der Waals surface area contributed by atoms with Crippen molar-refractivity contribution in [3.63, 3.8) is 0 Å². The summed E-state index contributed by atoms with van der Waals surface area (Å²) in [5, 5.41) is 4.17. The molecule has 2 fully saturated rings. The number of likely N-dealkylation sites (N-methyl/N-ethyl adjacent to an activating group) is 1. The number of amides is 1. The van der Waals surface area contributed by atoms with E-state index in [1.807, 2.05) is 61.7 Å². The molecule has 3 heterocycles. The Morgan fingerprint density at radius 1 is 1.20 bits per heavy atom. The number of benzene rings is 1. The molecule has 10 nitrogen and oxygen atoms in total. The molecule has 2 aromatic rings. The molecule has 0 saturated carbocycles. The minimum atomic E-state index is -0.682. The molecule has 244 valence electrons. The van der Waals surface area contributed by atoms with Crippen molar-refractivity contribution < 1.29 is 23.5 Å². The molecule has 13 heteroatoms. The highest BCUT2D eigenvalue weighted by atomic mass is 127. The summed E-state index contributed by atoms with van der Waals surface area (Å²) in [6, 6.07) is 1.23. The second-order valence-electron chi connectivity index (χ2n) is 14.3. The first-order chi connectivity index (χ1) is 20.2. The zero-order valence-corrected chi connectivity index (χ0v) is 30.9. The van der Waals surface area contributed by atoms with E-state index in [1.165, 1.54) is 0 Å². The van der Waals surface area contributed by atoms with Crippen LogP contribution in [0.25, 0.3) is 10.9 Å². The molecule has 44 heavy (non-hydrogen) atoms. The van der Waals surface area contributed by atoms with Gasteiger partial charge in [-0.05, 0) is 120 Å². The van der Waals surface area contributed by atoms with Crippen LogP contribution in [0.4, 0.5) is 26.4 Å². The van der Waals surface area contributed by atoms with Crippen molar-refractivity contribution in [2.75, 3.05) is 49.7 Å². The number of nitrogens with two attached hydrogens (primary N) is 1. The van der Waals surface area contributed by atoms with E-state index < -0.39 is 35.1 Å². The van der Waals surface area contributed by atoms with Crippen LogP contribution in [-0.2, 0) is 14.3 Å². The maximum Gasteiger partial charge on any atom is 0.410 e. The van der Waals surface area contributed by atoms with E-state index in [0.717, 1.165) is 0 Å². The lowest BCUT2D eigenvalue weighted by molar-refractivity contribution is -0.156. The smallest absolute Gasteiger partial charge is 0.410 e. The summed E-state index contributed by atoms with van der Waals surface area (Å²) >= 11 is 5.46. The van der Waals surface area contributed by atoms with Gasteiger partial charge in [-0.25, -0.2) is 14.2 Å². The van der Waals surface area contributed by atoms with E-state index >= 15 is 4.39 Å². The van der Waals surface area contributed by atoms with Crippen molar-refractivity contribution in [2.45, 2.75) is 96.6 Å². The maximum absolute atomic E-state index is 15.7. The summed E-state index contributed by atoms with van der Waals surface area (Å²) in [6.45, 7) is 14.8. The lowest BCUT2D eigenvalue weighted by atomic mass is 9.90. The van der Waals surface area contributed by atoms with E-state index in [1.54, 1.807) is 4.90 Å². The first kappa shape index (κ1) is 34.7. The van der Waals surface area contributed by atoms with Gasteiger partial charge in [0.1, 0.15) is 16.7 Å². The van der Waals surface area contributed by atoms with Crippen LogP contribution in [0.5, 0.6) is 0 Å². The topological polar surface area (TPSA) is 113 Å². The Balaban J connectivity index is 1.69. The predicted molar refractivity (Wildman–Crippen MR) is 185 cm³/mol. The molecule has 2 saturated heterocycles. The molecule has 4 rings (SSSR count). The number of likely N-dealkylation sites (tertiary alicyclic amines) is 1. The average Bonchev–Trinajstić information content (AvgIpc) is 2.85. The Bertz CT molecular complexity index is 1440. The van der Waals surface area contributed by atoms with Gasteiger partial charge in [-0.2, -0.15) is 0 Å². The summed E-state index contributed by atoms with van der Waals surface area (Å²) in [4.78, 5) is 36.7. The zero-order chi connectivity index (χ0) is 32.9. The normalized spacial score (nSPS) is 20.5. The van der Waals surface area contributed by atoms with Crippen molar-refractivity contribution in [3.8, 4) is 0 Å². The fraction of sp³-hybridized carbons (Fsp3) is 0.645. The monoisotopic (exact) mass is 790 g/mol. The third kappa shape index (κ3) is 7.63. The number of anilines is 3. The van der Waals surface area contributed by atoms with Gasteiger partial charge in [-0.15, -0.1) is 0 Å². The van der Waals surface area contributed by atoms with Crippen LogP contribution in [0.1, 0.15) is 67.7 Å². The number of ether oxygens (including phenoxy) is 2. The fourth-order valence-corrected chi connectivity index (χ4v) is 6.48. The molecular formula is C31H45BrFIN6O4. The molecule has 0 aliphatic carbocycles. The molecular weight excluding hydrogens is 746 g/mol. The van der Waals surface area contributed by atoms with Crippen LogP contribution in [0.3, 0.4) is 0 Å². The van der Waals surface area contributed by atoms with Gasteiger partial charge < -0.3 is 35.2 Å². The average molecular weight is 792 g/mol. The van der Waals surface area contributed by atoms with Crippen molar-refractivity contribution >= 4 is 78.7 Å². The number of carbonyl (C=O) groups excluding carboxylic acids is 2. The molecule has 2 aliphatic rings. The number of nitrogens with zero attached hydrogens (tertiary/aromatic N) is 4. The predicted octanol–water partition coefficient (Wildman–Crippen LogP) is 6.38. The lowest BCUT2D eigenvalue weighted by Gasteiger charge is -2.52. The highest BCUT2D eigenvalue weighted by Crippen LogP contribution is 2.43. The third-order valence-electron chi connectivity index (χ3n) is 8.09. The van der Waals surface area contributed by atoms with Crippen molar-refractivity contribution in [1.82, 2.24) is 14.8 Å². The molecule has 0 bridgehead atoms. The molecule has 0 spiro atoms. The number of piperidine rings is 1. The number of hydrogen-bond acceptors (Lipinski definition) is 9. The summed E-state index contributed by atoms with van der Waals surface area (Å²) in [7, 11) is 4.08. The van der Waals surface area contributed by atoms with Crippen molar-refractivity contribution in [2.24, 2.45) is 0 Å². The summed E-state index contributed by atoms with van der Waals surface area (Å²) < 4.78 is 28.0. The largest absolute Gasteiger partial charge is 0.460 e. The number of hydrogen-bond donors (Lipinski definition) is 2. The van der Waals surface area contributed by atoms with Crippen LogP contribution in [0, 0.1) is 9.39 Å². The first-order valence-corrected chi connectivity index (χ1v) is 16.7. The van der Waals surface area contributed by atoms with E-state index in [-0.39, 0.29) is 23.5 Å². The Labute approximate surface area is 281 Å². The number of fused-ring (bicyclic) bond motifs is 1. The quantitative estimate of drug-likeness (QED) is 0.196. The van der Waals surface area contributed by atoms with E-state index in [9.17, 15) is 9.59 Å². The summed E-state index contributed by atoms with van der Waals surface area (Å²) in [5.74, 6) is -0.312. The summed E-state index contributed by atoms with van der Waals surface area (Å²) in [5.41, 5.74) is 6.70. The van der Waals surface area contributed by atoms with E-state index in [0.29, 0.717) is 63.1 Å². The maximum atomic E-state index is 15.7. The van der Waals surface area contributed by atoms with E-state index in [2.05, 4.69) is 60.6 Å². The number of nitrogen functional groups attached to an aromatic ring is 1. The fourth-order valence-electron chi connectivity index (χ4n) is 5.63. The van der Waals surface area contributed by atoms with Gasteiger partial charge in [0, 0.05) is 40.7 Å². The van der Waals surface area contributed by atoms with Gasteiger partial charge in [0.2, 0.25) is 0 Å². The SMILES string of the molecule is CN(C)C1(C)CN(c2nc3c(F)c(Br)c(I)cc3c(N[C@H]3CCN(C(=O)OC(C)(C)C)[C@@H](CC(=O)OC(C)(C)C)C3)c2N)C1. The summed E-state index contributed by atoms with van der Waals surface area (Å²) in [6.07, 6.45) is 0.559. The highest BCUT2D eigenvalue weighted by Gasteiger charge is 2.43. The molecule has 1 aromatic carbocycles. The van der Waals surface area contributed by atoms with Gasteiger partial charge in [0.05, 0.1) is 27.8 Å². The van der Waals surface area contributed by atoms with Gasteiger partial charge in [0.15, 0.2) is 11.6 Å². The molecule has 1 aromatic heterocycles. The highest BCUT2D eigenvalue weighted by molar-refractivity contribution is 14.1. The van der Waals surface area contributed by atoms with Gasteiger partial charge in [-0.3, -0.25) is 4.79 Å². The minimum Gasteiger partial charge on any atom is -0.460 e. The Hall–Kier alpha value is -2.13. The molecule has 0 unspecified atom stereocenters. The van der Waals surface area contributed by atoms with Gasteiger partial charge in [-0.1, -0.05) is 0 Å². The Morgan fingerprint density at radius 2 is 1.82 bits per heavy atom. The Morgan fingerprint density at radius 3 is 2.39 bits per heavy atom. The van der Waals surface area contributed by atoms with E-state index in [4.69, 9.17) is 20.2 Å². The molecule has 2 aliphatic heterocycles. The third-order valence-corrected chi connectivity index (χ3v) is 10.5. The second-order valence-corrected chi connectivity index (χ2v) is 16.3. The standard InChI is InChI=1S/C31H45BrFIN6O4/c1-29(2,3)43-21(41)13-18-12-17(10-11-40(18)28(42)44-30(4,5)6)36-26-19-14-20(34)22(32)23(33)25(19)37-27(24(26)35)39-15-31(7,16-39)38(8)9/h14,17-18H,10-13,15-16,35H2,1-9H3,(H,36,37)/t17-,18+/m0/s1. The number of carbonyl (C=O) groups is 2. The van der Waals surface area contributed by atoms with Gasteiger partial charge >= 0.3 is 12.1 Å². The molecule has 1 amide bonds. The number of pyridine rings is 1. The van der Waals surface area contributed by atoms with Crippen LogP contribution in [0.2, 0.25) is 0 Å². The number of rotatable bonds is 6. The van der Waals surface area contributed by atoms with Crippen LogP contribution >= 0.6 is 38.5 Å². The number of esters is 1. The number of nitrogens with one attached hydrogen (secondary N) is 1.